The Bertz CT molecular complexity index is 1380. The van der Waals surface area contributed by atoms with Gasteiger partial charge in [0.1, 0.15) is 5.75 Å². The number of ketones is 2. The molecule has 10 heteroatoms. The number of nitrogens with zero attached hydrogens (tertiary/aromatic N) is 1. The minimum atomic E-state index is -0.880. The molecule has 1 aliphatic heterocycles. The third kappa shape index (κ3) is 4.45. The van der Waals surface area contributed by atoms with E-state index in [-0.39, 0.29) is 58.0 Å². The zero-order chi connectivity index (χ0) is 27.3. The van der Waals surface area contributed by atoms with Crippen molar-refractivity contribution in [2.24, 2.45) is 17.8 Å². The number of likely N-dealkylation sites (tertiary alicyclic amines) is 1. The second kappa shape index (κ2) is 10.3. The van der Waals surface area contributed by atoms with Crippen LogP contribution in [0.5, 0.6) is 5.75 Å². The van der Waals surface area contributed by atoms with E-state index in [1.165, 1.54) is 23.1 Å². The predicted molar refractivity (Wildman–Crippen MR) is 141 cm³/mol. The molecule has 3 aliphatic carbocycles. The van der Waals surface area contributed by atoms with Crippen molar-refractivity contribution < 1.29 is 34.2 Å². The molecule has 8 nitrogen and oxygen atoms in total. The van der Waals surface area contributed by atoms with E-state index in [1.807, 2.05) is 6.08 Å². The Balaban J connectivity index is 1.50. The van der Waals surface area contributed by atoms with E-state index in [9.17, 15) is 29.1 Å². The molecule has 4 aliphatic rings. The van der Waals surface area contributed by atoms with Gasteiger partial charge in [0.15, 0.2) is 11.6 Å². The Hall–Kier alpha value is -3.04. The summed E-state index contributed by atoms with van der Waals surface area (Å²) in [4.78, 5) is 65.4. The quantitative estimate of drug-likeness (QED) is 0.204. The number of benzene rings is 1. The number of halogens is 2. The number of aromatic hydroxyl groups is 1. The first kappa shape index (κ1) is 26.6. The minimum Gasteiger partial charge on any atom is -0.508 e. The number of carboxylic acids is 1. The van der Waals surface area contributed by atoms with Crippen LogP contribution >= 0.6 is 27.5 Å². The SMILES string of the molecule is O=C(O)CCCCCN1C(=O)C2CC=C3C(c4ccc(O)cc4Cl)C4=C(CC3C2C1=O)C(=O)C(Br)=CC4=O. The van der Waals surface area contributed by atoms with Crippen LogP contribution in [0.2, 0.25) is 5.02 Å². The summed E-state index contributed by atoms with van der Waals surface area (Å²) in [7, 11) is 0. The van der Waals surface area contributed by atoms with E-state index in [1.54, 1.807) is 6.07 Å². The third-order valence-corrected chi connectivity index (χ3v) is 8.91. The summed E-state index contributed by atoms with van der Waals surface area (Å²) in [5.74, 6) is -4.48. The number of phenols is 1. The molecule has 5 rings (SSSR count). The zero-order valence-corrected chi connectivity index (χ0v) is 22.6. The number of phenolic OH excluding ortho intramolecular Hbond substituents is 1. The van der Waals surface area contributed by atoms with Crippen LogP contribution in [-0.2, 0) is 24.0 Å². The first-order chi connectivity index (χ1) is 18.1. The molecule has 198 valence electrons. The van der Waals surface area contributed by atoms with Gasteiger partial charge in [-0.1, -0.05) is 35.7 Å². The number of carboxylic acid groups (broad SMARTS) is 1. The van der Waals surface area contributed by atoms with Gasteiger partial charge in [-0.15, -0.1) is 0 Å². The van der Waals surface area contributed by atoms with E-state index < -0.39 is 29.6 Å². The van der Waals surface area contributed by atoms with E-state index >= 15 is 0 Å². The van der Waals surface area contributed by atoms with Crippen molar-refractivity contribution in [2.75, 3.05) is 6.54 Å². The van der Waals surface area contributed by atoms with Crippen LogP contribution in [0.3, 0.4) is 0 Å². The monoisotopic (exact) mass is 601 g/mol. The average Bonchev–Trinajstić information content (AvgIpc) is 3.11. The number of allylic oxidation sites excluding steroid dienone is 6. The van der Waals surface area contributed by atoms with Crippen LogP contribution in [-0.4, -0.2) is 51.0 Å². The minimum absolute atomic E-state index is 0.0396. The van der Waals surface area contributed by atoms with Gasteiger partial charge in [-0.25, -0.2) is 0 Å². The number of carbonyl (C=O) groups excluding carboxylic acids is 4. The van der Waals surface area contributed by atoms with Crippen molar-refractivity contribution in [2.45, 2.75) is 44.4 Å². The molecule has 4 atom stereocenters. The summed E-state index contributed by atoms with van der Waals surface area (Å²) in [6.45, 7) is 0.221. The number of rotatable bonds is 7. The second-order valence-electron chi connectivity index (χ2n) is 10.1. The fourth-order valence-electron chi connectivity index (χ4n) is 6.32. The lowest BCUT2D eigenvalue weighted by Gasteiger charge is -2.42. The highest BCUT2D eigenvalue weighted by Crippen LogP contribution is 2.56. The lowest BCUT2D eigenvalue weighted by Crippen LogP contribution is -2.39. The molecule has 2 N–H and O–H groups in total. The van der Waals surface area contributed by atoms with Gasteiger partial charge < -0.3 is 10.2 Å². The number of unbranched alkanes of at least 4 members (excludes halogenated alkanes) is 2. The number of aliphatic carboxylic acids is 1. The van der Waals surface area contributed by atoms with Gasteiger partial charge >= 0.3 is 5.97 Å². The van der Waals surface area contributed by atoms with Crippen molar-refractivity contribution in [3.63, 3.8) is 0 Å². The molecule has 1 aromatic rings. The van der Waals surface area contributed by atoms with Gasteiger partial charge in [-0.2, -0.15) is 0 Å². The first-order valence-electron chi connectivity index (χ1n) is 12.5. The summed E-state index contributed by atoms with van der Waals surface area (Å²) in [6.07, 6.45) is 5.26. The Morgan fingerprint density at radius 1 is 1.08 bits per heavy atom. The van der Waals surface area contributed by atoms with Crippen LogP contribution in [0.1, 0.15) is 50.0 Å². The molecule has 0 bridgehead atoms. The number of hydrogen-bond acceptors (Lipinski definition) is 6. The Labute approximate surface area is 232 Å². The molecule has 1 heterocycles. The summed E-state index contributed by atoms with van der Waals surface area (Å²) in [6, 6.07) is 4.47. The maximum atomic E-state index is 13.6. The zero-order valence-electron chi connectivity index (χ0n) is 20.3. The average molecular weight is 603 g/mol. The standard InChI is InChI=1S/C28H25BrClNO7/c29-19-12-21(33)25-18(26(19)36)11-17-14(23(25)15-6-5-13(32)10-20(15)30)7-8-16-24(17)28(38)31(27(16)37)9-3-1-2-4-22(34)35/h5-7,10,12,16-17,23-24,32H,1-4,8-9,11H2,(H,34,35). The van der Waals surface area contributed by atoms with E-state index in [4.69, 9.17) is 16.7 Å². The summed E-state index contributed by atoms with van der Waals surface area (Å²) in [5.41, 5.74) is 1.97. The molecule has 2 amide bonds. The van der Waals surface area contributed by atoms with Crippen molar-refractivity contribution in [1.82, 2.24) is 4.90 Å². The van der Waals surface area contributed by atoms with E-state index in [0.29, 0.717) is 42.4 Å². The van der Waals surface area contributed by atoms with E-state index in [2.05, 4.69) is 15.9 Å². The smallest absolute Gasteiger partial charge is 0.303 e. The molecule has 38 heavy (non-hydrogen) atoms. The van der Waals surface area contributed by atoms with Crippen LogP contribution in [0.4, 0.5) is 0 Å². The highest BCUT2D eigenvalue weighted by molar-refractivity contribution is 9.12. The molecule has 1 fully saturated rings. The molecular weight excluding hydrogens is 578 g/mol. The van der Waals surface area contributed by atoms with Crippen molar-refractivity contribution >= 4 is 56.9 Å². The van der Waals surface area contributed by atoms with Gasteiger partial charge in [-0.05, 0) is 65.2 Å². The second-order valence-corrected chi connectivity index (χ2v) is 11.4. The summed E-state index contributed by atoms with van der Waals surface area (Å²) < 4.78 is 0.147. The highest BCUT2D eigenvalue weighted by Gasteiger charge is 2.56. The number of amides is 2. The molecule has 1 saturated heterocycles. The molecule has 1 aromatic carbocycles. The number of Topliss-reactive ketones (excluding diaryl/α,β-unsaturated/α-hetero) is 1. The Morgan fingerprint density at radius 2 is 1.84 bits per heavy atom. The van der Waals surface area contributed by atoms with E-state index in [0.717, 1.165) is 5.57 Å². The maximum absolute atomic E-state index is 13.6. The lowest BCUT2D eigenvalue weighted by molar-refractivity contribution is -0.141. The first-order valence-corrected chi connectivity index (χ1v) is 13.7. The Morgan fingerprint density at radius 3 is 2.55 bits per heavy atom. The van der Waals surface area contributed by atoms with Gasteiger partial charge in [0.05, 0.1) is 16.3 Å². The molecular formula is C28H25BrClNO7. The number of imide groups is 1. The van der Waals surface area contributed by atoms with Crippen LogP contribution < -0.4 is 0 Å². The lowest BCUT2D eigenvalue weighted by atomic mass is 9.59. The van der Waals surface area contributed by atoms with Gasteiger partial charge in [0, 0.05) is 41.1 Å². The summed E-state index contributed by atoms with van der Waals surface area (Å²) in [5, 5.41) is 19.0. The topological polar surface area (TPSA) is 129 Å². The summed E-state index contributed by atoms with van der Waals surface area (Å²) >= 11 is 9.73. The maximum Gasteiger partial charge on any atom is 0.303 e. The van der Waals surface area contributed by atoms with Crippen molar-refractivity contribution in [1.29, 1.82) is 0 Å². The Kier molecular flexibility index (Phi) is 7.17. The highest BCUT2D eigenvalue weighted by atomic mass is 79.9. The number of hydrogen-bond donors (Lipinski definition) is 2. The third-order valence-electron chi connectivity index (χ3n) is 7.99. The molecule has 0 aromatic heterocycles. The largest absolute Gasteiger partial charge is 0.508 e. The van der Waals surface area contributed by atoms with Crippen LogP contribution in [0.15, 0.2) is 51.6 Å². The predicted octanol–water partition coefficient (Wildman–Crippen LogP) is 4.45. The number of carbonyl (C=O) groups is 5. The van der Waals surface area contributed by atoms with Gasteiger partial charge in [-0.3, -0.25) is 28.9 Å². The van der Waals surface area contributed by atoms with Crippen LogP contribution in [0, 0.1) is 17.8 Å². The molecule has 4 unspecified atom stereocenters. The molecule has 0 radical (unpaired) electrons. The molecule has 0 spiro atoms. The van der Waals surface area contributed by atoms with Crippen molar-refractivity contribution in [3.05, 3.63) is 62.1 Å². The molecule has 0 saturated carbocycles. The fourth-order valence-corrected chi connectivity index (χ4v) is 7.05. The number of fused-ring (bicyclic) bond motifs is 3. The van der Waals surface area contributed by atoms with Gasteiger partial charge in [0.2, 0.25) is 11.8 Å². The van der Waals surface area contributed by atoms with Crippen LogP contribution in [0.25, 0.3) is 0 Å². The van der Waals surface area contributed by atoms with Gasteiger partial charge in [0.25, 0.3) is 0 Å². The normalized spacial score (nSPS) is 26.6. The fraction of sp³-hybridized carbons (Fsp3) is 0.393. The van der Waals surface area contributed by atoms with Crippen molar-refractivity contribution in [3.8, 4) is 5.75 Å².